The number of hydrogen-bond acceptors (Lipinski definition) is 4. The Balaban J connectivity index is 2.04. The van der Waals surface area contributed by atoms with Gasteiger partial charge in [0.1, 0.15) is 5.75 Å². The molecule has 2 aromatic rings. The lowest BCUT2D eigenvalue weighted by Gasteiger charge is -2.14. The van der Waals surface area contributed by atoms with Crippen LogP contribution in [0.5, 0.6) is 5.75 Å². The van der Waals surface area contributed by atoms with E-state index in [4.69, 9.17) is 4.74 Å². The van der Waals surface area contributed by atoms with Crippen molar-refractivity contribution in [3.8, 4) is 5.75 Å². The van der Waals surface area contributed by atoms with Crippen LogP contribution in [0.2, 0.25) is 0 Å². The minimum absolute atomic E-state index is 0.0558. The highest BCUT2D eigenvalue weighted by atomic mass is 79.9. The predicted octanol–water partition coefficient (Wildman–Crippen LogP) is 3.78. The van der Waals surface area contributed by atoms with Gasteiger partial charge in [-0.15, -0.1) is 0 Å². The zero-order valence-corrected chi connectivity index (χ0v) is 15.9. The smallest absolute Gasteiger partial charge is 0.243 e. The van der Waals surface area contributed by atoms with Crippen LogP contribution in [0.4, 0.5) is 17.1 Å². The predicted molar refractivity (Wildman–Crippen MR) is 103 cm³/mol. The van der Waals surface area contributed by atoms with E-state index < -0.39 is 0 Å². The fourth-order valence-electron chi connectivity index (χ4n) is 2.22. The Labute approximate surface area is 155 Å². The van der Waals surface area contributed by atoms with Gasteiger partial charge in [0.15, 0.2) is 0 Å². The van der Waals surface area contributed by atoms with Crippen molar-refractivity contribution in [3.05, 3.63) is 46.4 Å². The lowest BCUT2D eigenvalue weighted by atomic mass is 10.2. The van der Waals surface area contributed by atoms with Crippen molar-refractivity contribution in [1.29, 1.82) is 0 Å². The summed E-state index contributed by atoms with van der Waals surface area (Å²) in [6.07, 6.45) is 0. The minimum Gasteiger partial charge on any atom is -0.495 e. The van der Waals surface area contributed by atoms with Crippen molar-refractivity contribution in [1.82, 2.24) is 0 Å². The molecule has 7 heteroatoms. The summed E-state index contributed by atoms with van der Waals surface area (Å²) in [5, 5.41) is 8.55. The van der Waals surface area contributed by atoms with E-state index in [1.54, 1.807) is 25.3 Å². The lowest BCUT2D eigenvalue weighted by molar-refractivity contribution is -0.115. The second-order valence-corrected chi connectivity index (χ2v) is 6.34. The summed E-state index contributed by atoms with van der Waals surface area (Å²) in [6, 6.07) is 10.9. The standard InChI is InChI=1S/C18H20BrN3O3/c1-11-4-6-15(14(19)8-11)22-18(24)10-20-16-9-13(21-12(2)23)5-7-17(16)25-3/h4-9,20H,10H2,1-3H3,(H,21,23)(H,22,24). The summed E-state index contributed by atoms with van der Waals surface area (Å²) in [5.41, 5.74) is 3.04. The van der Waals surface area contributed by atoms with E-state index in [1.165, 1.54) is 6.92 Å². The molecule has 25 heavy (non-hydrogen) atoms. The maximum atomic E-state index is 12.2. The number of rotatable bonds is 6. The van der Waals surface area contributed by atoms with Crippen LogP contribution in [0, 0.1) is 6.92 Å². The molecule has 0 unspecified atom stereocenters. The number of anilines is 3. The molecule has 132 valence electrons. The van der Waals surface area contributed by atoms with Gasteiger partial charge in [-0.1, -0.05) is 6.07 Å². The number of benzene rings is 2. The number of carbonyl (C=O) groups is 2. The highest BCUT2D eigenvalue weighted by Gasteiger charge is 2.09. The van der Waals surface area contributed by atoms with Crippen molar-refractivity contribution in [2.24, 2.45) is 0 Å². The zero-order valence-electron chi connectivity index (χ0n) is 14.3. The molecule has 6 nitrogen and oxygen atoms in total. The summed E-state index contributed by atoms with van der Waals surface area (Å²) in [4.78, 5) is 23.4. The van der Waals surface area contributed by atoms with Gasteiger partial charge in [0.05, 0.1) is 25.0 Å². The van der Waals surface area contributed by atoms with Gasteiger partial charge in [-0.05, 0) is 58.7 Å². The van der Waals surface area contributed by atoms with Crippen molar-refractivity contribution in [3.63, 3.8) is 0 Å². The molecule has 2 amide bonds. The van der Waals surface area contributed by atoms with Gasteiger partial charge in [-0.25, -0.2) is 0 Å². The lowest BCUT2D eigenvalue weighted by Crippen LogP contribution is -2.22. The third-order valence-corrected chi connectivity index (χ3v) is 4.01. The molecular formula is C18H20BrN3O3. The Morgan fingerprint density at radius 2 is 1.84 bits per heavy atom. The molecule has 2 rings (SSSR count). The monoisotopic (exact) mass is 405 g/mol. The summed E-state index contributed by atoms with van der Waals surface area (Å²) < 4.78 is 6.10. The molecular weight excluding hydrogens is 386 g/mol. The Hall–Kier alpha value is -2.54. The van der Waals surface area contributed by atoms with Crippen LogP contribution >= 0.6 is 15.9 Å². The molecule has 2 aromatic carbocycles. The third kappa shape index (κ3) is 5.49. The van der Waals surface area contributed by atoms with E-state index in [9.17, 15) is 9.59 Å². The van der Waals surface area contributed by atoms with Crippen molar-refractivity contribution in [2.75, 3.05) is 29.6 Å². The quantitative estimate of drug-likeness (QED) is 0.683. The molecule has 0 atom stereocenters. The number of carbonyl (C=O) groups excluding carboxylic acids is 2. The first-order valence-electron chi connectivity index (χ1n) is 7.64. The van der Waals surface area contributed by atoms with Crippen LogP contribution in [0.15, 0.2) is 40.9 Å². The number of hydrogen-bond donors (Lipinski definition) is 3. The van der Waals surface area contributed by atoms with Gasteiger partial charge >= 0.3 is 0 Å². The molecule has 0 heterocycles. The summed E-state index contributed by atoms with van der Waals surface area (Å²) in [6.45, 7) is 3.47. The second-order valence-electron chi connectivity index (χ2n) is 5.48. The fourth-order valence-corrected chi connectivity index (χ4v) is 2.81. The van der Waals surface area contributed by atoms with Gasteiger partial charge in [-0.2, -0.15) is 0 Å². The van der Waals surface area contributed by atoms with E-state index in [2.05, 4.69) is 31.9 Å². The first-order chi connectivity index (χ1) is 11.9. The molecule has 0 aromatic heterocycles. The number of ether oxygens (including phenoxy) is 1. The molecule has 0 aliphatic rings. The van der Waals surface area contributed by atoms with Gasteiger partial charge in [0.25, 0.3) is 0 Å². The number of methoxy groups -OCH3 is 1. The van der Waals surface area contributed by atoms with Crippen LogP contribution in [-0.4, -0.2) is 25.5 Å². The first kappa shape index (κ1) is 18.8. The van der Waals surface area contributed by atoms with Gasteiger partial charge in [-0.3, -0.25) is 9.59 Å². The molecule has 0 saturated carbocycles. The summed E-state index contributed by atoms with van der Waals surface area (Å²) in [5.74, 6) is 0.216. The first-order valence-corrected chi connectivity index (χ1v) is 8.44. The topological polar surface area (TPSA) is 79.5 Å². The van der Waals surface area contributed by atoms with Crippen LogP contribution in [0.3, 0.4) is 0 Å². The van der Waals surface area contributed by atoms with Crippen molar-refractivity contribution in [2.45, 2.75) is 13.8 Å². The van der Waals surface area contributed by atoms with Crippen LogP contribution < -0.4 is 20.7 Å². The molecule has 0 radical (unpaired) electrons. The Morgan fingerprint density at radius 1 is 1.08 bits per heavy atom. The Kier molecular flexibility index (Phi) is 6.41. The molecule has 0 aliphatic carbocycles. The maximum absolute atomic E-state index is 12.2. The van der Waals surface area contributed by atoms with Gasteiger partial charge in [0.2, 0.25) is 11.8 Å². The molecule has 0 aliphatic heterocycles. The van der Waals surface area contributed by atoms with E-state index in [0.29, 0.717) is 22.8 Å². The minimum atomic E-state index is -0.198. The number of aryl methyl sites for hydroxylation is 1. The summed E-state index contributed by atoms with van der Waals surface area (Å²) >= 11 is 3.43. The SMILES string of the molecule is COc1ccc(NC(C)=O)cc1NCC(=O)Nc1ccc(C)cc1Br. The van der Waals surface area contributed by atoms with E-state index in [-0.39, 0.29) is 18.4 Å². The van der Waals surface area contributed by atoms with E-state index in [1.807, 2.05) is 25.1 Å². The number of amides is 2. The Bertz CT molecular complexity index is 793. The summed E-state index contributed by atoms with van der Waals surface area (Å²) in [7, 11) is 1.54. The highest BCUT2D eigenvalue weighted by Crippen LogP contribution is 2.28. The largest absolute Gasteiger partial charge is 0.495 e. The molecule has 3 N–H and O–H groups in total. The zero-order chi connectivity index (χ0) is 18.4. The molecule has 0 fully saturated rings. The van der Waals surface area contributed by atoms with Crippen LogP contribution in [-0.2, 0) is 9.59 Å². The highest BCUT2D eigenvalue weighted by molar-refractivity contribution is 9.10. The molecule has 0 saturated heterocycles. The average molecular weight is 406 g/mol. The number of halogens is 1. The van der Waals surface area contributed by atoms with Crippen molar-refractivity contribution >= 4 is 44.8 Å². The maximum Gasteiger partial charge on any atom is 0.243 e. The number of nitrogens with one attached hydrogen (secondary N) is 3. The third-order valence-electron chi connectivity index (χ3n) is 3.36. The van der Waals surface area contributed by atoms with Gasteiger partial charge in [0, 0.05) is 17.1 Å². The fraction of sp³-hybridized carbons (Fsp3) is 0.222. The van der Waals surface area contributed by atoms with Crippen LogP contribution in [0.1, 0.15) is 12.5 Å². The Morgan fingerprint density at radius 3 is 2.48 bits per heavy atom. The average Bonchev–Trinajstić information content (AvgIpc) is 2.55. The van der Waals surface area contributed by atoms with E-state index >= 15 is 0 Å². The van der Waals surface area contributed by atoms with E-state index in [0.717, 1.165) is 10.0 Å². The van der Waals surface area contributed by atoms with Crippen LogP contribution in [0.25, 0.3) is 0 Å². The van der Waals surface area contributed by atoms with Crippen molar-refractivity contribution < 1.29 is 14.3 Å². The molecule has 0 bridgehead atoms. The normalized spacial score (nSPS) is 10.1. The van der Waals surface area contributed by atoms with Gasteiger partial charge < -0.3 is 20.7 Å². The molecule has 0 spiro atoms. The second kappa shape index (κ2) is 8.53.